The summed E-state index contributed by atoms with van der Waals surface area (Å²) in [5.74, 6) is 1.23. The van der Waals surface area contributed by atoms with E-state index < -0.39 is 0 Å². The normalized spacial score (nSPS) is 18.6. The zero-order valence-electron chi connectivity index (χ0n) is 19.1. The third-order valence-electron chi connectivity index (χ3n) is 6.09. The topological polar surface area (TPSA) is 58.6 Å². The van der Waals surface area contributed by atoms with Crippen molar-refractivity contribution in [1.82, 2.24) is 14.9 Å². The summed E-state index contributed by atoms with van der Waals surface area (Å²) in [7, 11) is 3.82. The van der Waals surface area contributed by atoms with Crippen LogP contribution in [0.2, 0.25) is 15.1 Å². The second kappa shape index (κ2) is 10.4. The van der Waals surface area contributed by atoms with E-state index in [1.54, 1.807) is 30.6 Å². The lowest BCUT2D eigenvalue weighted by Gasteiger charge is -2.25. The Bertz CT molecular complexity index is 1160. The number of nitrogens with zero attached hydrogens (tertiary/aromatic N) is 4. The zero-order chi connectivity index (χ0) is 24.4. The first-order valence-electron chi connectivity index (χ1n) is 10.9. The van der Waals surface area contributed by atoms with Gasteiger partial charge in [0.05, 0.1) is 20.6 Å². The minimum Gasteiger partial charge on any atom is -0.474 e. The van der Waals surface area contributed by atoms with Gasteiger partial charge >= 0.3 is 0 Å². The van der Waals surface area contributed by atoms with Gasteiger partial charge in [-0.3, -0.25) is 4.79 Å². The molecule has 0 radical (unpaired) electrons. The summed E-state index contributed by atoms with van der Waals surface area (Å²) in [6.07, 6.45) is 2.95. The Morgan fingerprint density at radius 2 is 1.82 bits per heavy atom. The molecule has 1 saturated heterocycles. The van der Waals surface area contributed by atoms with E-state index in [9.17, 15) is 4.79 Å². The monoisotopic (exact) mass is 518 g/mol. The van der Waals surface area contributed by atoms with Crippen LogP contribution >= 0.6 is 34.8 Å². The molecule has 3 aromatic rings. The zero-order valence-corrected chi connectivity index (χ0v) is 21.3. The highest BCUT2D eigenvalue weighted by Crippen LogP contribution is 2.38. The number of pyridine rings is 2. The second-order valence-corrected chi connectivity index (χ2v) is 9.84. The van der Waals surface area contributed by atoms with Crippen molar-refractivity contribution in [2.45, 2.75) is 18.9 Å². The fourth-order valence-corrected chi connectivity index (χ4v) is 4.65. The molecule has 4 rings (SSSR count). The van der Waals surface area contributed by atoms with Crippen molar-refractivity contribution in [2.24, 2.45) is 5.92 Å². The average molecular weight is 520 g/mol. The van der Waals surface area contributed by atoms with E-state index in [4.69, 9.17) is 39.5 Å². The Hall–Kier alpha value is -2.54. The van der Waals surface area contributed by atoms with Crippen LogP contribution in [0.15, 0.2) is 54.9 Å². The lowest BCUT2D eigenvalue weighted by atomic mass is 9.86. The van der Waals surface area contributed by atoms with Crippen LogP contribution in [-0.2, 0) is 0 Å². The fraction of sp³-hybridized carbons (Fsp3) is 0.320. The standard InChI is InChI=1S/C25H25Cl3N4O2/c1-15(34-24-9-6-18(26)12-30-24)19-13-32(14-20(19)16-4-7-21(27)22(28)10-16)25(33)17-5-8-23(29-11-17)31(2)3/h4-12,15,19-20H,13-14H2,1-3H3/t15-,19?,20+/m1/s1. The minimum absolute atomic E-state index is 0.00711. The van der Waals surface area contributed by atoms with Crippen LogP contribution in [0.4, 0.5) is 5.82 Å². The molecule has 0 saturated carbocycles. The third kappa shape index (κ3) is 5.40. The number of carbonyl (C=O) groups is 1. The minimum atomic E-state index is -0.222. The van der Waals surface area contributed by atoms with Gasteiger partial charge in [0, 0.05) is 57.5 Å². The number of rotatable bonds is 6. The van der Waals surface area contributed by atoms with Gasteiger partial charge in [0.1, 0.15) is 11.9 Å². The molecule has 0 aliphatic carbocycles. The smallest absolute Gasteiger partial charge is 0.255 e. The summed E-state index contributed by atoms with van der Waals surface area (Å²) in [6.45, 7) is 3.04. The van der Waals surface area contributed by atoms with Gasteiger partial charge in [0.15, 0.2) is 0 Å². The highest BCUT2D eigenvalue weighted by molar-refractivity contribution is 6.42. The molecule has 3 heterocycles. The number of carbonyl (C=O) groups excluding carboxylic acids is 1. The Labute approximate surface area is 214 Å². The van der Waals surface area contributed by atoms with E-state index in [1.165, 1.54) is 0 Å². The van der Waals surface area contributed by atoms with Crippen LogP contribution in [0.25, 0.3) is 0 Å². The molecule has 0 spiro atoms. The Balaban J connectivity index is 1.59. The number of amides is 1. The quantitative estimate of drug-likeness (QED) is 0.410. The van der Waals surface area contributed by atoms with Gasteiger partial charge in [0.25, 0.3) is 5.91 Å². The molecule has 34 heavy (non-hydrogen) atoms. The second-order valence-electron chi connectivity index (χ2n) is 8.59. The summed E-state index contributed by atoms with van der Waals surface area (Å²) in [6, 6.07) is 12.7. The van der Waals surface area contributed by atoms with Crippen molar-refractivity contribution in [2.75, 3.05) is 32.1 Å². The molecule has 0 bridgehead atoms. The number of hydrogen-bond acceptors (Lipinski definition) is 5. The summed E-state index contributed by atoms with van der Waals surface area (Å²) in [4.78, 5) is 25.7. The molecule has 6 nitrogen and oxygen atoms in total. The van der Waals surface area contributed by atoms with Crippen LogP contribution in [-0.4, -0.2) is 54.1 Å². The molecule has 1 unspecified atom stereocenters. The van der Waals surface area contributed by atoms with Crippen molar-refractivity contribution in [3.05, 3.63) is 81.1 Å². The molecule has 1 aromatic carbocycles. The van der Waals surface area contributed by atoms with E-state index in [2.05, 4.69) is 9.97 Å². The number of anilines is 1. The molecule has 1 aliphatic rings. The molecule has 9 heteroatoms. The van der Waals surface area contributed by atoms with Crippen LogP contribution in [0.1, 0.15) is 28.8 Å². The predicted octanol–water partition coefficient (Wildman–Crippen LogP) is 5.83. The van der Waals surface area contributed by atoms with E-state index >= 15 is 0 Å². The fourth-order valence-electron chi connectivity index (χ4n) is 4.24. The molecular weight excluding hydrogens is 495 g/mol. The third-order valence-corrected chi connectivity index (χ3v) is 7.05. The van der Waals surface area contributed by atoms with Crippen molar-refractivity contribution < 1.29 is 9.53 Å². The number of likely N-dealkylation sites (tertiary alicyclic amines) is 1. The van der Waals surface area contributed by atoms with E-state index in [0.29, 0.717) is 39.6 Å². The Kier molecular flexibility index (Phi) is 7.51. The van der Waals surface area contributed by atoms with Gasteiger partial charge in [-0.15, -0.1) is 0 Å². The summed E-state index contributed by atoms with van der Waals surface area (Å²) >= 11 is 18.4. The molecule has 3 atom stereocenters. The summed E-state index contributed by atoms with van der Waals surface area (Å²) in [5, 5.41) is 1.52. The van der Waals surface area contributed by atoms with Crippen LogP contribution < -0.4 is 9.64 Å². The van der Waals surface area contributed by atoms with Gasteiger partial charge in [-0.25, -0.2) is 9.97 Å². The highest BCUT2D eigenvalue weighted by Gasteiger charge is 2.40. The summed E-state index contributed by atoms with van der Waals surface area (Å²) < 4.78 is 6.15. The summed E-state index contributed by atoms with van der Waals surface area (Å²) in [5.41, 5.74) is 1.56. The van der Waals surface area contributed by atoms with E-state index in [1.807, 2.05) is 55.1 Å². The first-order valence-corrected chi connectivity index (χ1v) is 12.0. The van der Waals surface area contributed by atoms with Crippen LogP contribution in [0.3, 0.4) is 0 Å². The maximum atomic E-state index is 13.3. The molecule has 2 aromatic heterocycles. The number of benzene rings is 1. The maximum Gasteiger partial charge on any atom is 0.255 e. The van der Waals surface area contributed by atoms with E-state index in [-0.39, 0.29) is 23.8 Å². The SMILES string of the molecule is C[C@@H](Oc1ccc(Cl)cn1)C1CN(C(=O)c2ccc(N(C)C)nc2)C[C@H]1c1ccc(Cl)c(Cl)c1. The predicted molar refractivity (Wildman–Crippen MR) is 136 cm³/mol. The molecular formula is C25H25Cl3N4O2. The van der Waals surface area contributed by atoms with Crippen molar-refractivity contribution in [3.8, 4) is 5.88 Å². The van der Waals surface area contributed by atoms with Crippen LogP contribution in [0.5, 0.6) is 5.88 Å². The van der Waals surface area contributed by atoms with Gasteiger partial charge in [-0.1, -0.05) is 40.9 Å². The largest absolute Gasteiger partial charge is 0.474 e. The first kappa shape index (κ1) is 24.6. The number of aromatic nitrogens is 2. The van der Waals surface area contributed by atoms with Crippen LogP contribution in [0, 0.1) is 5.92 Å². The molecule has 1 fully saturated rings. The molecule has 178 valence electrons. The lowest BCUT2D eigenvalue weighted by Crippen LogP contribution is -2.32. The number of ether oxygens (including phenoxy) is 1. The Morgan fingerprint density at radius 1 is 1.03 bits per heavy atom. The van der Waals surface area contributed by atoms with Gasteiger partial charge < -0.3 is 14.5 Å². The number of halogens is 3. The number of hydrogen-bond donors (Lipinski definition) is 0. The van der Waals surface area contributed by atoms with E-state index in [0.717, 1.165) is 11.4 Å². The maximum absolute atomic E-state index is 13.3. The highest BCUT2D eigenvalue weighted by atomic mass is 35.5. The lowest BCUT2D eigenvalue weighted by molar-refractivity contribution is 0.0769. The first-order chi connectivity index (χ1) is 16.2. The van der Waals surface area contributed by atoms with Gasteiger partial charge in [-0.2, -0.15) is 0 Å². The van der Waals surface area contributed by atoms with Crippen molar-refractivity contribution in [3.63, 3.8) is 0 Å². The average Bonchev–Trinajstić information content (AvgIpc) is 3.27. The molecule has 1 aliphatic heterocycles. The van der Waals surface area contributed by atoms with Gasteiger partial charge in [-0.05, 0) is 42.8 Å². The Morgan fingerprint density at radius 3 is 2.44 bits per heavy atom. The molecule has 0 N–H and O–H groups in total. The van der Waals surface area contributed by atoms with Crippen molar-refractivity contribution in [1.29, 1.82) is 0 Å². The van der Waals surface area contributed by atoms with Crippen molar-refractivity contribution >= 4 is 46.5 Å². The molecule has 1 amide bonds. The van der Waals surface area contributed by atoms with Gasteiger partial charge in [0.2, 0.25) is 5.88 Å².